The van der Waals surface area contributed by atoms with Gasteiger partial charge in [0.15, 0.2) is 0 Å². The Hall–Kier alpha value is -0.900. The van der Waals surface area contributed by atoms with Crippen LogP contribution in [0.3, 0.4) is 0 Å². The molecule has 1 aliphatic carbocycles. The molecule has 84 valence electrons. The molecule has 0 aromatic carbocycles. The third-order valence-corrected chi connectivity index (χ3v) is 3.06. The molecule has 0 spiro atoms. The first-order chi connectivity index (χ1) is 7.31. The molecule has 1 aliphatic rings. The molecule has 4 heteroatoms. The van der Waals surface area contributed by atoms with Crippen LogP contribution in [0.4, 0.5) is 0 Å². The first-order valence-corrected chi connectivity index (χ1v) is 5.87. The first kappa shape index (κ1) is 10.6. The van der Waals surface area contributed by atoms with Crippen molar-refractivity contribution in [1.29, 1.82) is 0 Å². The smallest absolute Gasteiger partial charge is 0.138 e. The summed E-state index contributed by atoms with van der Waals surface area (Å²) < 4.78 is 1.88. The maximum atomic E-state index is 4.29. The lowest BCUT2D eigenvalue weighted by Gasteiger charge is -2.17. The quantitative estimate of drug-likeness (QED) is 0.762. The second-order valence-corrected chi connectivity index (χ2v) is 4.40. The molecule has 1 heterocycles. The number of nitrogens with zero attached hydrogens (tertiary/aromatic N) is 3. The van der Waals surface area contributed by atoms with Crippen LogP contribution in [0.1, 0.15) is 32.0 Å². The molecule has 2 rings (SSSR count). The topological polar surface area (TPSA) is 42.7 Å². The van der Waals surface area contributed by atoms with Gasteiger partial charge in [0.05, 0.1) is 0 Å². The highest BCUT2D eigenvalue weighted by atomic mass is 15.3. The predicted molar refractivity (Wildman–Crippen MR) is 59.5 cm³/mol. The molecule has 1 fully saturated rings. The van der Waals surface area contributed by atoms with Crippen molar-refractivity contribution in [2.75, 3.05) is 6.54 Å². The average Bonchev–Trinajstić information content (AvgIpc) is 2.99. The Bertz CT molecular complexity index is 303. The van der Waals surface area contributed by atoms with Crippen molar-refractivity contribution >= 4 is 0 Å². The summed E-state index contributed by atoms with van der Waals surface area (Å²) >= 11 is 0. The molecule has 1 N–H and O–H groups in total. The molecule has 1 unspecified atom stereocenters. The van der Waals surface area contributed by atoms with E-state index in [9.17, 15) is 0 Å². The molecule has 0 aliphatic heterocycles. The van der Waals surface area contributed by atoms with E-state index >= 15 is 0 Å². The summed E-state index contributed by atoms with van der Waals surface area (Å²) in [5.74, 6) is 1.96. The summed E-state index contributed by atoms with van der Waals surface area (Å²) in [7, 11) is 1.96. The Morgan fingerprint density at radius 3 is 2.93 bits per heavy atom. The fourth-order valence-electron chi connectivity index (χ4n) is 1.94. The fraction of sp³-hybridized carbons (Fsp3) is 0.818. The lowest BCUT2D eigenvalue weighted by Crippen LogP contribution is -2.34. The molecular weight excluding hydrogens is 188 g/mol. The normalized spacial score (nSPS) is 18.0. The van der Waals surface area contributed by atoms with E-state index in [-0.39, 0.29) is 0 Å². The van der Waals surface area contributed by atoms with E-state index in [0.717, 1.165) is 24.7 Å². The molecule has 1 atom stereocenters. The summed E-state index contributed by atoms with van der Waals surface area (Å²) in [6.45, 7) is 3.32. The highest BCUT2D eigenvalue weighted by Gasteiger charge is 2.31. The summed E-state index contributed by atoms with van der Waals surface area (Å²) in [5.41, 5.74) is 0. The molecule has 1 saturated carbocycles. The summed E-state index contributed by atoms with van der Waals surface area (Å²) in [4.78, 5) is 4.29. The second kappa shape index (κ2) is 4.75. The number of hydrogen-bond acceptors (Lipinski definition) is 3. The molecule has 15 heavy (non-hydrogen) atoms. The van der Waals surface area contributed by atoms with Crippen molar-refractivity contribution in [3.8, 4) is 0 Å². The predicted octanol–water partition coefficient (Wildman–Crippen LogP) is 1.14. The number of rotatable bonds is 6. The number of hydrogen-bond donors (Lipinski definition) is 1. The third kappa shape index (κ3) is 2.78. The zero-order valence-electron chi connectivity index (χ0n) is 9.61. The second-order valence-electron chi connectivity index (χ2n) is 4.40. The molecule has 1 aromatic rings. The Kier molecular flexibility index (Phi) is 3.36. The van der Waals surface area contributed by atoms with Gasteiger partial charge in [-0.3, -0.25) is 4.68 Å². The van der Waals surface area contributed by atoms with Gasteiger partial charge in [0.1, 0.15) is 12.2 Å². The molecule has 0 radical (unpaired) electrons. The van der Waals surface area contributed by atoms with Gasteiger partial charge < -0.3 is 5.32 Å². The van der Waals surface area contributed by atoms with Gasteiger partial charge in [-0.1, -0.05) is 6.92 Å². The summed E-state index contributed by atoms with van der Waals surface area (Å²) in [6.07, 6.45) is 6.60. The minimum atomic E-state index is 0.604. The summed E-state index contributed by atoms with van der Waals surface area (Å²) in [5, 5.41) is 7.72. The third-order valence-electron chi connectivity index (χ3n) is 3.06. The Labute approximate surface area is 91.1 Å². The van der Waals surface area contributed by atoms with Crippen LogP contribution >= 0.6 is 0 Å². The number of aromatic nitrogens is 3. The van der Waals surface area contributed by atoms with E-state index in [2.05, 4.69) is 22.3 Å². The van der Waals surface area contributed by atoms with Gasteiger partial charge in [-0.15, -0.1) is 0 Å². The molecule has 0 saturated heterocycles. The van der Waals surface area contributed by atoms with Crippen LogP contribution in [-0.4, -0.2) is 27.4 Å². The molecule has 1 aromatic heterocycles. The van der Waals surface area contributed by atoms with E-state index in [1.807, 2.05) is 11.7 Å². The first-order valence-electron chi connectivity index (χ1n) is 5.87. The van der Waals surface area contributed by atoms with Gasteiger partial charge in [0.25, 0.3) is 0 Å². The molecular formula is C11H20N4. The van der Waals surface area contributed by atoms with Crippen molar-refractivity contribution in [2.45, 2.75) is 38.6 Å². The van der Waals surface area contributed by atoms with E-state index in [0.29, 0.717) is 6.04 Å². The lowest BCUT2D eigenvalue weighted by atomic mass is 10.1. The minimum Gasteiger partial charge on any atom is -0.313 e. The monoisotopic (exact) mass is 208 g/mol. The highest BCUT2D eigenvalue weighted by molar-refractivity contribution is 4.95. The van der Waals surface area contributed by atoms with E-state index < -0.39 is 0 Å². The van der Waals surface area contributed by atoms with Crippen LogP contribution in [0.2, 0.25) is 0 Å². The highest BCUT2D eigenvalue weighted by Crippen LogP contribution is 2.33. The zero-order valence-corrected chi connectivity index (χ0v) is 9.61. The SMILES string of the molecule is CCCNC(Cc1ncnn1C)C1CC1. The van der Waals surface area contributed by atoms with Gasteiger partial charge in [0.2, 0.25) is 0 Å². The Morgan fingerprint density at radius 1 is 1.60 bits per heavy atom. The van der Waals surface area contributed by atoms with Crippen LogP contribution in [0.25, 0.3) is 0 Å². The molecule has 4 nitrogen and oxygen atoms in total. The van der Waals surface area contributed by atoms with Crippen LogP contribution in [-0.2, 0) is 13.5 Å². The molecule has 0 amide bonds. The molecule has 0 bridgehead atoms. The standard InChI is InChI=1S/C11H20N4/c1-3-6-12-10(9-4-5-9)7-11-13-8-14-15(11)2/h8-10,12H,3-7H2,1-2H3. The minimum absolute atomic E-state index is 0.604. The van der Waals surface area contributed by atoms with Gasteiger partial charge in [-0.05, 0) is 31.7 Å². The van der Waals surface area contributed by atoms with Gasteiger partial charge >= 0.3 is 0 Å². The van der Waals surface area contributed by atoms with Gasteiger partial charge in [-0.25, -0.2) is 4.98 Å². The van der Waals surface area contributed by atoms with E-state index in [1.54, 1.807) is 6.33 Å². The van der Waals surface area contributed by atoms with E-state index in [4.69, 9.17) is 0 Å². The largest absolute Gasteiger partial charge is 0.313 e. The van der Waals surface area contributed by atoms with Crippen LogP contribution in [0.15, 0.2) is 6.33 Å². The van der Waals surface area contributed by atoms with Crippen molar-refractivity contribution in [3.05, 3.63) is 12.2 Å². The van der Waals surface area contributed by atoms with Crippen LogP contribution in [0.5, 0.6) is 0 Å². The van der Waals surface area contributed by atoms with Crippen molar-refractivity contribution in [2.24, 2.45) is 13.0 Å². The van der Waals surface area contributed by atoms with Crippen LogP contribution < -0.4 is 5.32 Å². The van der Waals surface area contributed by atoms with Crippen LogP contribution in [0, 0.1) is 5.92 Å². The lowest BCUT2D eigenvalue weighted by molar-refractivity contribution is 0.444. The number of nitrogens with one attached hydrogen (secondary N) is 1. The van der Waals surface area contributed by atoms with Gasteiger partial charge in [-0.2, -0.15) is 5.10 Å². The van der Waals surface area contributed by atoms with E-state index in [1.165, 1.54) is 19.3 Å². The zero-order chi connectivity index (χ0) is 10.7. The van der Waals surface area contributed by atoms with Crippen molar-refractivity contribution in [1.82, 2.24) is 20.1 Å². The average molecular weight is 208 g/mol. The fourth-order valence-corrected chi connectivity index (χ4v) is 1.94. The maximum absolute atomic E-state index is 4.29. The maximum Gasteiger partial charge on any atom is 0.138 e. The van der Waals surface area contributed by atoms with Crippen molar-refractivity contribution < 1.29 is 0 Å². The Balaban J connectivity index is 1.91. The van der Waals surface area contributed by atoms with Crippen molar-refractivity contribution in [3.63, 3.8) is 0 Å². The van der Waals surface area contributed by atoms with Gasteiger partial charge in [0, 0.05) is 19.5 Å². The number of aryl methyl sites for hydroxylation is 1. The Morgan fingerprint density at radius 2 is 2.40 bits per heavy atom. The summed E-state index contributed by atoms with van der Waals surface area (Å²) in [6, 6.07) is 0.604.